The summed E-state index contributed by atoms with van der Waals surface area (Å²) in [6, 6.07) is 12.7. The maximum Gasteiger partial charge on any atom is 0.278 e. The first-order chi connectivity index (χ1) is 14.3. The number of carbonyl (C=O) groups excluding carboxylic acids is 2. The highest BCUT2D eigenvalue weighted by atomic mass is 35.5. The summed E-state index contributed by atoms with van der Waals surface area (Å²) in [6.07, 6.45) is 0.915. The molecule has 6 heteroatoms. The van der Waals surface area contributed by atoms with Gasteiger partial charge in [0.15, 0.2) is 0 Å². The Morgan fingerprint density at radius 2 is 1.77 bits per heavy atom. The van der Waals surface area contributed by atoms with Crippen LogP contribution in [0.25, 0.3) is 5.57 Å². The average Bonchev–Trinajstić information content (AvgIpc) is 2.93. The molecule has 1 aliphatic rings. The van der Waals surface area contributed by atoms with Crippen molar-refractivity contribution in [3.8, 4) is 5.75 Å². The Morgan fingerprint density at radius 1 is 1.07 bits per heavy atom. The first kappa shape index (κ1) is 21.9. The molecule has 0 aromatic heterocycles. The van der Waals surface area contributed by atoms with E-state index in [-0.39, 0.29) is 23.4 Å². The quantitative estimate of drug-likeness (QED) is 0.583. The number of nitrogens with zero attached hydrogens (tertiary/aromatic N) is 1. The third-order valence-corrected chi connectivity index (χ3v) is 5.01. The Bertz CT molecular complexity index is 980. The summed E-state index contributed by atoms with van der Waals surface area (Å²) in [6.45, 7) is 8.90. The second kappa shape index (κ2) is 9.35. The standard InChI is InChI=1S/C24H27ClN2O3/c1-5-12-30-19-9-6-17(7-10-19)21-22(24(29)27(23(21)28)14-15(2)3)26-20-11-8-18(25)13-16(20)4/h6-11,13,15,26H,5,12,14H2,1-4H3. The third kappa shape index (κ3) is 4.68. The zero-order valence-corrected chi connectivity index (χ0v) is 18.5. The van der Waals surface area contributed by atoms with Crippen molar-refractivity contribution in [2.75, 3.05) is 18.5 Å². The Balaban J connectivity index is 2.01. The molecule has 158 valence electrons. The minimum atomic E-state index is -0.315. The molecule has 30 heavy (non-hydrogen) atoms. The van der Waals surface area contributed by atoms with Gasteiger partial charge in [-0.25, -0.2) is 0 Å². The Hall–Kier alpha value is -2.79. The molecular weight excluding hydrogens is 400 g/mol. The van der Waals surface area contributed by atoms with Gasteiger partial charge in [-0.1, -0.05) is 44.5 Å². The summed E-state index contributed by atoms with van der Waals surface area (Å²) in [5, 5.41) is 3.81. The molecule has 3 rings (SSSR count). The van der Waals surface area contributed by atoms with Gasteiger partial charge in [-0.2, -0.15) is 0 Å². The van der Waals surface area contributed by atoms with Crippen molar-refractivity contribution in [2.45, 2.75) is 34.1 Å². The molecule has 2 amide bonds. The molecule has 0 saturated heterocycles. The molecule has 0 fully saturated rings. The number of carbonyl (C=O) groups is 2. The zero-order valence-electron chi connectivity index (χ0n) is 17.8. The van der Waals surface area contributed by atoms with Crippen LogP contribution in [0.2, 0.25) is 5.02 Å². The smallest absolute Gasteiger partial charge is 0.278 e. The normalized spacial score (nSPS) is 14.1. The Labute approximate surface area is 182 Å². The first-order valence-corrected chi connectivity index (χ1v) is 10.6. The molecule has 2 aromatic rings. The fourth-order valence-electron chi connectivity index (χ4n) is 3.33. The fraction of sp³-hybridized carbons (Fsp3) is 0.333. The molecule has 0 unspecified atom stereocenters. The zero-order chi connectivity index (χ0) is 21.8. The molecule has 5 nitrogen and oxygen atoms in total. The first-order valence-electron chi connectivity index (χ1n) is 10.2. The number of hydrogen-bond acceptors (Lipinski definition) is 4. The predicted molar refractivity (Wildman–Crippen MR) is 121 cm³/mol. The number of halogens is 1. The summed E-state index contributed by atoms with van der Waals surface area (Å²) in [4.78, 5) is 27.7. The number of rotatable bonds is 8. The van der Waals surface area contributed by atoms with Gasteiger partial charge in [-0.05, 0) is 60.7 Å². The lowest BCUT2D eigenvalue weighted by atomic mass is 10.0. The van der Waals surface area contributed by atoms with Gasteiger partial charge in [0.05, 0.1) is 12.2 Å². The van der Waals surface area contributed by atoms with E-state index in [9.17, 15) is 9.59 Å². The topological polar surface area (TPSA) is 58.6 Å². The van der Waals surface area contributed by atoms with Crippen molar-refractivity contribution in [3.05, 3.63) is 64.3 Å². The van der Waals surface area contributed by atoms with Crippen molar-refractivity contribution in [1.82, 2.24) is 4.90 Å². The third-order valence-electron chi connectivity index (χ3n) is 4.78. The van der Waals surface area contributed by atoms with Crippen LogP contribution >= 0.6 is 11.6 Å². The predicted octanol–water partition coefficient (Wildman–Crippen LogP) is 5.29. The van der Waals surface area contributed by atoms with E-state index in [0.29, 0.717) is 29.3 Å². The lowest BCUT2D eigenvalue weighted by Gasteiger charge is -2.17. The van der Waals surface area contributed by atoms with Gasteiger partial charge >= 0.3 is 0 Å². The minimum absolute atomic E-state index is 0.167. The molecule has 0 spiro atoms. The SMILES string of the molecule is CCCOc1ccc(C2=C(Nc3ccc(Cl)cc3C)C(=O)N(CC(C)C)C2=O)cc1. The molecule has 1 N–H and O–H groups in total. The second-order valence-electron chi connectivity index (χ2n) is 7.82. The number of hydrogen-bond donors (Lipinski definition) is 1. The summed E-state index contributed by atoms with van der Waals surface area (Å²) in [5.41, 5.74) is 2.96. The number of anilines is 1. The number of nitrogens with one attached hydrogen (secondary N) is 1. The van der Waals surface area contributed by atoms with Crippen molar-refractivity contribution in [1.29, 1.82) is 0 Å². The van der Waals surface area contributed by atoms with Crippen LogP contribution in [0.3, 0.4) is 0 Å². The fourth-order valence-corrected chi connectivity index (χ4v) is 3.56. The van der Waals surface area contributed by atoms with Gasteiger partial charge in [0.2, 0.25) is 0 Å². The van der Waals surface area contributed by atoms with Gasteiger partial charge in [0, 0.05) is 17.3 Å². The number of ether oxygens (including phenoxy) is 1. The molecule has 0 saturated carbocycles. The van der Waals surface area contributed by atoms with E-state index in [0.717, 1.165) is 23.4 Å². The van der Waals surface area contributed by atoms with E-state index in [1.807, 2.05) is 64.1 Å². The number of imide groups is 1. The van der Waals surface area contributed by atoms with Crippen LogP contribution in [0.4, 0.5) is 5.69 Å². The highest BCUT2D eigenvalue weighted by Gasteiger charge is 2.39. The molecule has 1 heterocycles. The van der Waals surface area contributed by atoms with Gasteiger partial charge in [-0.15, -0.1) is 0 Å². The average molecular weight is 427 g/mol. The number of amides is 2. The van der Waals surface area contributed by atoms with Crippen LogP contribution in [-0.2, 0) is 9.59 Å². The van der Waals surface area contributed by atoms with E-state index >= 15 is 0 Å². The van der Waals surface area contributed by atoms with Crippen LogP contribution in [0, 0.1) is 12.8 Å². The molecule has 0 bridgehead atoms. The van der Waals surface area contributed by atoms with Crippen LogP contribution in [0.15, 0.2) is 48.2 Å². The van der Waals surface area contributed by atoms with Crippen molar-refractivity contribution in [3.63, 3.8) is 0 Å². The molecular formula is C24H27ClN2O3. The summed E-state index contributed by atoms with van der Waals surface area (Å²) >= 11 is 6.06. The van der Waals surface area contributed by atoms with Crippen LogP contribution in [0.1, 0.15) is 38.3 Å². The van der Waals surface area contributed by atoms with E-state index in [4.69, 9.17) is 16.3 Å². The highest BCUT2D eigenvalue weighted by Crippen LogP contribution is 2.33. The van der Waals surface area contributed by atoms with E-state index < -0.39 is 0 Å². The van der Waals surface area contributed by atoms with E-state index in [1.165, 1.54) is 4.90 Å². The second-order valence-corrected chi connectivity index (χ2v) is 8.26. The number of benzene rings is 2. The van der Waals surface area contributed by atoms with Gasteiger partial charge in [-0.3, -0.25) is 14.5 Å². The van der Waals surface area contributed by atoms with E-state index in [2.05, 4.69) is 5.32 Å². The molecule has 1 aliphatic heterocycles. The van der Waals surface area contributed by atoms with Crippen LogP contribution in [-0.4, -0.2) is 29.9 Å². The van der Waals surface area contributed by atoms with Crippen LogP contribution < -0.4 is 10.1 Å². The highest BCUT2D eigenvalue weighted by molar-refractivity contribution is 6.36. The van der Waals surface area contributed by atoms with Gasteiger partial charge < -0.3 is 10.1 Å². The van der Waals surface area contributed by atoms with Gasteiger partial charge in [0.25, 0.3) is 11.8 Å². The lowest BCUT2D eigenvalue weighted by molar-refractivity contribution is -0.137. The summed E-state index contributed by atoms with van der Waals surface area (Å²) in [7, 11) is 0. The lowest BCUT2D eigenvalue weighted by Crippen LogP contribution is -2.35. The largest absolute Gasteiger partial charge is 0.494 e. The maximum absolute atomic E-state index is 13.2. The molecule has 0 aliphatic carbocycles. The van der Waals surface area contributed by atoms with Crippen molar-refractivity contribution in [2.24, 2.45) is 5.92 Å². The number of aryl methyl sites for hydroxylation is 1. The van der Waals surface area contributed by atoms with Crippen molar-refractivity contribution >= 4 is 34.7 Å². The molecule has 0 atom stereocenters. The van der Waals surface area contributed by atoms with Crippen molar-refractivity contribution < 1.29 is 14.3 Å². The monoisotopic (exact) mass is 426 g/mol. The van der Waals surface area contributed by atoms with E-state index in [1.54, 1.807) is 6.07 Å². The molecule has 0 radical (unpaired) electrons. The molecule has 2 aromatic carbocycles. The Kier molecular flexibility index (Phi) is 6.83. The Morgan fingerprint density at radius 3 is 2.37 bits per heavy atom. The maximum atomic E-state index is 13.2. The van der Waals surface area contributed by atoms with Crippen LogP contribution in [0.5, 0.6) is 5.75 Å². The minimum Gasteiger partial charge on any atom is -0.494 e. The summed E-state index contributed by atoms with van der Waals surface area (Å²) < 4.78 is 5.64. The van der Waals surface area contributed by atoms with Gasteiger partial charge in [0.1, 0.15) is 11.4 Å². The summed E-state index contributed by atoms with van der Waals surface area (Å²) in [5.74, 6) is 0.301.